The highest BCUT2D eigenvalue weighted by molar-refractivity contribution is 6.03. The first-order valence-corrected chi connectivity index (χ1v) is 9.54. The van der Waals surface area contributed by atoms with Crippen LogP contribution in [-0.2, 0) is 0 Å². The number of aromatic nitrogens is 3. The molecule has 0 saturated carbocycles. The van der Waals surface area contributed by atoms with Gasteiger partial charge in [-0.3, -0.25) is 14.8 Å². The van der Waals surface area contributed by atoms with Crippen LogP contribution in [0.4, 0.5) is 20.3 Å². The predicted octanol–water partition coefficient (Wildman–Crippen LogP) is 5.23. The Balaban J connectivity index is 1.63. The van der Waals surface area contributed by atoms with Crippen LogP contribution >= 0.6 is 0 Å². The molecule has 156 valence electrons. The van der Waals surface area contributed by atoms with Crippen molar-refractivity contribution in [3.05, 3.63) is 77.9 Å². The van der Waals surface area contributed by atoms with Crippen molar-refractivity contribution in [2.45, 2.75) is 13.3 Å². The maximum absolute atomic E-state index is 12.9. The number of carbonyl (C=O) groups excluding carboxylic acids is 1. The molecule has 0 spiro atoms. The lowest BCUT2D eigenvalue weighted by Crippen LogP contribution is -2.14. The number of anilines is 2. The normalized spacial score (nSPS) is 11.0. The Morgan fingerprint density at radius 2 is 1.84 bits per heavy atom. The van der Waals surface area contributed by atoms with Crippen molar-refractivity contribution in [3.8, 4) is 11.1 Å². The summed E-state index contributed by atoms with van der Waals surface area (Å²) in [6, 6.07) is 11.6. The molecule has 0 atom stereocenters. The van der Waals surface area contributed by atoms with E-state index in [1.165, 1.54) is 12.3 Å². The van der Waals surface area contributed by atoms with Gasteiger partial charge < -0.3 is 10.6 Å². The molecule has 0 radical (unpaired) electrons. The van der Waals surface area contributed by atoms with Crippen LogP contribution in [0, 0.1) is 6.92 Å². The van der Waals surface area contributed by atoms with Crippen LogP contribution in [0.1, 0.15) is 28.0 Å². The van der Waals surface area contributed by atoms with Gasteiger partial charge in [-0.2, -0.15) is 0 Å². The number of benzene rings is 1. The van der Waals surface area contributed by atoms with E-state index in [0.717, 1.165) is 39.5 Å². The third kappa shape index (κ3) is 4.32. The summed E-state index contributed by atoms with van der Waals surface area (Å²) in [5.74, 6) is 0.177. The second-order valence-corrected chi connectivity index (χ2v) is 7.00. The van der Waals surface area contributed by atoms with Gasteiger partial charge >= 0.3 is 0 Å². The fourth-order valence-electron chi connectivity index (χ4n) is 3.22. The Hall–Kier alpha value is -3.94. The summed E-state index contributed by atoms with van der Waals surface area (Å²) < 4.78 is 25.8. The van der Waals surface area contributed by atoms with E-state index in [9.17, 15) is 13.6 Å². The number of hydrogen-bond donors (Lipinski definition) is 2. The number of alkyl halides is 2. The van der Waals surface area contributed by atoms with E-state index in [4.69, 9.17) is 0 Å². The third-order valence-electron chi connectivity index (χ3n) is 4.90. The molecule has 4 rings (SSSR count). The van der Waals surface area contributed by atoms with Crippen molar-refractivity contribution >= 4 is 28.3 Å². The lowest BCUT2D eigenvalue weighted by molar-refractivity contribution is 0.102. The summed E-state index contributed by atoms with van der Waals surface area (Å²) in [5.41, 5.74) is 3.78. The third-order valence-corrected chi connectivity index (χ3v) is 4.90. The van der Waals surface area contributed by atoms with Crippen LogP contribution in [-0.4, -0.2) is 27.9 Å². The average Bonchev–Trinajstić information content (AvgIpc) is 2.79. The Morgan fingerprint density at radius 1 is 1.00 bits per heavy atom. The summed E-state index contributed by atoms with van der Waals surface area (Å²) in [6.07, 6.45) is 2.05. The van der Waals surface area contributed by atoms with Crippen molar-refractivity contribution in [2.75, 3.05) is 17.7 Å². The minimum atomic E-state index is -2.67. The highest BCUT2D eigenvalue weighted by Gasteiger charge is 2.14. The van der Waals surface area contributed by atoms with Crippen LogP contribution in [0.5, 0.6) is 0 Å². The van der Waals surface area contributed by atoms with Gasteiger partial charge in [0.2, 0.25) is 0 Å². The summed E-state index contributed by atoms with van der Waals surface area (Å²) in [4.78, 5) is 25.3. The van der Waals surface area contributed by atoms with E-state index in [0.29, 0.717) is 5.69 Å². The maximum Gasteiger partial charge on any atom is 0.274 e. The average molecular weight is 419 g/mol. The molecule has 31 heavy (non-hydrogen) atoms. The number of carbonyl (C=O) groups is 1. The van der Waals surface area contributed by atoms with Crippen molar-refractivity contribution in [1.82, 2.24) is 15.0 Å². The molecule has 0 fully saturated rings. The van der Waals surface area contributed by atoms with Gasteiger partial charge in [0.05, 0.1) is 5.52 Å². The smallest absolute Gasteiger partial charge is 0.274 e. The number of fused-ring (bicyclic) bond motifs is 1. The highest BCUT2D eigenvalue weighted by atomic mass is 19.3. The molecule has 1 amide bonds. The highest BCUT2D eigenvalue weighted by Crippen LogP contribution is 2.29. The Labute approximate surface area is 177 Å². The van der Waals surface area contributed by atoms with Gasteiger partial charge in [-0.15, -0.1) is 0 Å². The number of halogens is 2. The van der Waals surface area contributed by atoms with E-state index in [-0.39, 0.29) is 11.3 Å². The molecule has 0 aliphatic heterocycles. The number of hydrogen-bond acceptors (Lipinski definition) is 5. The van der Waals surface area contributed by atoms with Gasteiger partial charge in [0.1, 0.15) is 11.5 Å². The second-order valence-electron chi connectivity index (χ2n) is 7.00. The SMILES string of the molecule is CNc1cc2ncc(-c3cc(NC(=O)c4cc(C(F)F)ccn4)ccc3C)cc2cn1. The van der Waals surface area contributed by atoms with E-state index < -0.39 is 12.3 Å². The van der Waals surface area contributed by atoms with Crippen molar-refractivity contribution < 1.29 is 13.6 Å². The molecule has 0 saturated heterocycles. The maximum atomic E-state index is 12.9. The number of nitrogens with one attached hydrogen (secondary N) is 2. The molecule has 1 aromatic carbocycles. The van der Waals surface area contributed by atoms with E-state index in [2.05, 4.69) is 25.6 Å². The van der Waals surface area contributed by atoms with Crippen LogP contribution in [0.2, 0.25) is 0 Å². The minimum absolute atomic E-state index is 0.0706. The fraction of sp³-hybridized carbons (Fsp3) is 0.130. The monoisotopic (exact) mass is 419 g/mol. The predicted molar refractivity (Wildman–Crippen MR) is 116 cm³/mol. The zero-order valence-electron chi connectivity index (χ0n) is 16.9. The minimum Gasteiger partial charge on any atom is -0.373 e. The molecular formula is C23H19F2N5O. The van der Waals surface area contributed by atoms with Gasteiger partial charge in [-0.25, -0.2) is 13.8 Å². The van der Waals surface area contributed by atoms with Crippen LogP contribution in [0.15, 0.2) is 61.1 Å². The quantitative estimate of drug-likeness (QED) is 0.463. The Bertz CT molecular complexity index is 1280. The van der Waals surface area contributed by atoms with E-state index in [1.54, 1.807) is 25.5 Å². The van der Waals surface area contributed by atoms with Crippen LogP contribution < -0.4 is 10.6 Å². The van der Waals surface area contributed by atoms with Crippen LogP contribution in [0.3, 0.4) is 0 Å². The topological polar surface area (TPSA) is 79.8 Å². The summed E-state index contributed by atoms with van der Waals surface area (Å²) in [7, 11) is 1.80. The molecule has 2 N–H and O–H groups in total. The zero-order valence-corrected chi connectivity index (χ0v) is 16.9. The molecule has 3 heterocycles. The molecule has 3 aromatic heterocycles. The van der Waals surface area contributed by atoms with Gasteiger partial charge in [0.25, 0.3) is 12.3 Å². The number of nitrogens with zero attached hydrogens (tertiary/aromatic N) is 3. The molecule has 4 aromatic rings. The zero-order chi connectivity index (χ0) is 22.0. The summed E-state index contributed by atoms with van der Waals surface area (Å²) >= 11 is 0. The lowest BCUT2D eigenvalue weighted by Gasteiger charge is -2.11. The van der Waals surface area contributed by atoms with Crippen LogP contribution in [0.25, 0.3) is 22.0 Å². The number of pyridine rings is 3. The van der Waals surface area contributed by atoms with E-state index >= 15 is 0 Å². The standard InChI is InChI=1S/C23H19F2N5O/c1-13-3-4-17(30-23(31)20-8-14(22(24)25)5-6-27-20)9-18(13)15-7-16-12-29-21(26-2)10-19(16)28-11-15/h3-12,22H,1-2H3,(H,26,29)(H,30,31). The molecule has 6 nitrogen and oxygen atoms in total. The largest absolute Gasteiger partial charge is 0.373 e. The summed E-state index contributed by atoms with van der Waals surface area (Å²) in [5, 5.41) is 6.60. The first kappa shape index (κ1) is 20.3. The fourth-order valence-corrected chi connectivity index (χ4v) is 3.22. The van der Waals surface area contributed by atoms with Gasteiger partial charge in [-0.1, -0.05) is 6.07 Å². The first-order valence-electron chi connectivity index (χ1n) is 9.54. The van der Waals surface area contributed by atoms with Crippen molar-refractivity contribution in [2.24, 2.45) is 0 Å². The number of aryl methyl sites for hydroxylation is 1. The van der Waals surface area contributed by atoms with Crippen molar-refractivity contribution in [1.29, 1.82) is 0 Å². The summed E-state index contributed by atoms with van der Waals surface area (Å²) in [6.45, 7) is 1.96. The molecule has 8 heteroatoms. The molecule has 0 unspecified atom stereocenters. The molecule has 0 aliphatic carbocycles. The number of amides is 1. The van der Waals surface area contributed by atoms with Crippen molar-refractivity contribution in [3.63, 3.8) is 0 Å². The lowest BCUT2D eigenvalue weighted by atomic mass is 10.00. The van der Waals surface area contributed by atoms with Gasteiger partial charge in [0, 0.05) is 53.9 Å². The molecular weight excluding hydrogens is 400 g/mol. The molecule has 0 aliphatic rings. The number of rotatable bonds is 5. The Kier molecular flexibility index (Phi) is 5.53. The van der Waals surface area contributed by atoms with Gasteiger partial charge in [0.15, 0.2) is 0 Å². The first-order chi connectivity index (χ1) is 14.9. The van der Waals surface area contributed by atoms with E-state index in [1.807, 2.05) is 31.2 Å². The van der Waals surface area contributed by atoms with Gasteiger partial charge in [-0.05, 0) is 48.4 Å². The second kappa shape index (κ2) is 8.43. The Morgan fingerprint density at radius 3 is 2.61 bits per heavy atom. The molecule has 0 bridgehead atoms.